The van der Waals surface area contributed by atoms with Crippen LogP contribution in [0.4, 0.5) is 0 Å². The molecule has 1 atom stereocenters. The molecular weight excluding hydrogens is 348 g/mol. The molecule has 0 aliphatic carbocycles. The van der Waals surface area contributed by atoms with Gasteiger partial charge in [0.1, 0.15) is 16.9 Å². The number of rotatable bonds is 7. The smallest absolute Gasteiger partial charge is 0.375 e. The monoisotopic (exact) mass is 372 g/mol. The van der Waals surface area contributed by atoms with E-state index in [1.807, 2.05) is 20.8 Å². The third-order valence-electron chi connectivity index (χ3n) is 4.52. The van der Waals surface area contributed by atoms with Gasteiger partial charge in [-0.3, -0.25) is 4.79 Å². The van der Waals surface area contributed by atoms with Crippen molar-refractivity contribution in [1.82, 2.24) is 5.32 Å². The molecule has 0 unspecified atom stereocenters. The summed E-state index contributed by atoms with van der Waals surface area (Å²) in [7, 11) is 0. The summed E-state index contributed by atoms with van der Waals surface area (Å²) in [5, 5.41) is 12.6. The van der Waals surface area contributed by atoms with Crippen molar-refractivity contribution in [1.29, 1.82) is 5.26 Å². The maximum Gasteiger partial charge on any atom is 0.375 e. The van der Waals surface area contributed by atoms with Crippen LogP contribution in [0.15, 0.2) is 22.6 Å². The molecule has 0 saturated carbocycles. The Labute approximate surface area is 158 Å². The Balaban J connectivity index is 2.09. The van der Waals surface area contributed by atoms with E-state index in [1.54, 1.807) is 32.0 Å². The highest BCUT2D eigenvalue weighted by molar-refractivity contribution is 5.97. The SMILES string of the molecule is CCOc1ccc2oc(C(=O)OCC(=O)N[C@](C)(C#N)C(C)C)c(C)c2c1. The second-order valence-electron chi connectivity index (χ2n) is 6.74. The second-order valence-corrected chi connectivity index (χ2v) is 6.74. The second kappa shape index (κ2) is 8.12. The van der Waals surface area contributed by atoms with Crippen LogP contribution in [0, 0.1) is 24.2 Å². The van der Waals surface area contributed by atoms with Gasteiger partial charge in [0.05, 0.1) is 12.7 Å². The molecular formula is C20H24N2O5. The molecule has 0 spiro atoms. The molecule has 0 aliphatic rings. The first-order valence-corrected chi connectivity index (χ1v) is 8.77. The Hall–Kier alpha value is -3.01. The Morgan fingerprint density at radius 1 is 1.37 bits per heavy atom. The number of hydrogen-bond donors (Lipinski definition) is 1. The normalized spacial score (nSPS) is 13.1. The van der Waals surface area contributed by atoms with Gasteiger partial charge in [0.25, 0.3) is 5.91 Å². The molecule has 1 N–H and O–H groups in total. The summed E-state index contributed by atoms with van der Waals surface area (Å²) in [4.78, 5) is 24.4. The Morgan fingerprint density at radius 3 is 2.67 bits per heavy atom. The summed E-state index contributed by atoms with van der Waals surface area (Å²) in [6, 6.07) is 7.34. The molecule has 2 aromatic rings. The molecule has 0 bridgehead atoms. The van der Waals surface area contributed by atoms with E-state index in [4.69, 9.17) is 13.9 Å². The molecule has 0 radical (unpaired) electrons. The van der Waals surface area contributed by atoms with Crippen LogP contribution in [0.1, 0.15) is 43.8 Å². The first-order valence-electron chi connectivity index (χ1n) is 8.77. The largest absolute Gasteiger partial charge is 0.494 e. The average molecular weight is 372 g/mol. The van der Waals surface area contributed by atoms with Crippen LogP contribution in [0.3, 0.4) is 0 Å². The summed E-state index contributed by atoms with van der Waals surface area (Å²) in [6.07, 6.45) is 0. The topological polar surface area (TPSA) is 102 Å². The van der Waals surface area contributed by atoms with Crippen LogP contribution < -0.4 is 10.1 Å². The third-order valence-corrected chi connectivity index (χ3v) is 4.52. The van der Waals surface area contributed by atoms with Crippen LogP contribution in [0.2, 0.25) is 0 Å². The fourth-order valence-corrected chi connectivity index (χ4v) is 2.47. The van der Waals surface area contributed by atoms with Crippen LogP contribution in [-0.2, 0) is 9.53 Å². The van der Waals surface area contributed by atoms with Gasteiger partial charge in [-0.1, -0.05) is 13.8 Å². The van der Waals surface area contributed by atoms with Gasteiger partial charge in [-0.2, -0.15) is 5.26 Å². The van der Waals surface area contributed by atoms with E-state index in [1.165, 1.54) is 0 Å². The van der Waals surface area contributed by atoms with E-state index in [9.17, 15) is 14.9 Å². The van der Waals surface area contributed by atoms with Gasteiger partial charge < -0.3 is 19.2 Å². The van der Waals surface area contributed by atoms with Gasteiger partial charge in [0, 0.05) is 10.9 Å². The number of amides is 1. The lowest BCUT2D eigenvalue weighted by molar-refractivity contribution is -0.125. The Morgan fingerprint density at radius 2 is 2.07 bits per heavy atom. The highest BCUT2D eigenvalue weighted by atomic mass is 16.5. The summed E-state index contributed by atoms with van der Waals surface area (Å²) >= 11 is 0. The van der Waals surface area contributed by atoms with Crippen molar-refractivity contribution in [2.45, 2.75) is 40.2 Å². The van der Waals surface area contributed by atoms with Gasteiger partial charge in [0.15, 0.2) is 6.61 Å². The highest BCUT2D eigenvalue weighted by Gasteiger charge is 2.30. The van der Waals surface area contributed by atoms with Gasteiger partial charge in [-0.05, 0) is 44.9 Å². The van der Waals surface area contributed by atoms with Crippen LogP contribution in [0.5, 0.6) is 5.75 Å². The lowest BCUT2D eigenvalue weighted by Crippen LogP contribution is -2.50. The zero-order valence-electron chi connectivity index (χ0n) is 16.2. The number of nitriles is 1. The van der Waals surface area contributed by atoms with Gasteiger partial charge in [0.2, 0.25) is 5.76 Å². The molecule has 0 saturated heterocycles. The fraction of sp³-hybridized carbons (Fsp3) is 0.450. The number of fused-ring (bicyclic) bond motifs is 1. The van der Waals surface area contributed by atoms with Crippen LogP contribution >= 0.6 is 0 Å². The number of hydrogen-bond acceptors (Lipinski definition) is 6. The standard InChI is InChI=1S/C20H24N2O5/c1-6-25-14-7-8-16-15(9-14)13(4)18(27-16)19(24)26-10-17(23)22-20(5,11-21)12(2)3/h7-9,12H,6,10H2,1-5H3,(H,22,23)/t20-/m1/s1. The van der Waals surface area contributed by atoms with Gasteiger partial charge >= 0.3 is 5.97 Å². The molecule has 1 aromatic carbocycles. The van der Waals surface area contributed by atoms with E-state index in [-0.39, 0.29) is 11.7 Å². The number of ether oxygens (including phenoxy) is 2. The predicted molar refractivity (Wildman–Crippen MR) is 99.4 cm³/mol. The number of nitrogens with zero attached hydrogens (tertiary/aromatic N) is 1. The summed E-state index contributed by atoms with van der Waals surface area (Å²) < 4.78 is 16.1. The van der Waals surface area contributed by atoms with Crippen molar-refractivity contribution in [3.63, 3.8) is 0 Å². The Bertz CT molecular complexity index is 894. The van der Waals surface area contributed by atoms with Crippen molar-refractivity contribution in [2.24, 2.45) is 5.92 Å². The minimum Gasteiger partial charge on any atom is -0.494 e. The summed E-state index contributed by atoms with van der Waals surface area (Å²) in [5.41, 5.74) is 0.110. The van der Waals surface area contributed by atoms with Crippen molar-refractivity contribution < 1.29 is 23.5 Å². The van der Waals surface area contributed by atoms with Crippen molar-refractivity contribution >= 4 is 22.8 Å². The minimum absolute atomic E-state index is 0.0401. The highest BCUT2D eigenvalue weighted by Crippen LogP contribution is 2.29. The van der Waals surface area contributed by atoms with E-state index < -0.39 is 24.0 Å². The maximum absolute atomic E-state index is 12.3. The lowest BCUT2D eigenvalue weighted by atomic mass is 9.90. The molecule has 144 valence electrons. The van der Waals surface area contributed by atoms with Crippen molar-refractivity contribution in [3.8, 4) is 11.8 Å². The average Bonchev–Trinajstić information content (AvgIpc) is 2.96. The molecule has 7 nitrogen and oxygen atoms in total. The minimum atomic E-state index is -1.03. The number of esters is 1. The number of furan rings is 1. The molecule has 27 heavy (non-hydrogen) atoms. The molecule has 2 rings (SSSR count). The first-order chi connectivity index (χ1) is 12.7. The molecule has 0 aliphatic heterocycles. The number of carbonyl (C=O) groups is 2. The number of nitrogens with one attached hydrogen (secondary N) is 1. The zero-order valence-corrected chi connectivity index (χ0v) is 16.2. The number of aryl methyl sites for hydroxylation is 1. The predicted octanol–water partition coefficient (Wildman–Crippen LogP) is 3.35. The van der Waals surface area contributed by atoms with Gasteiger partial charge in [-0.25, -0.2) is 4.79 Å². The molecule has 7 heteroatoms. The number of benzene rings is 1. The summed E-state index contributed by atoms with van der Waals surface area (Å²) in [5.74, 6) is -0.663. The quantitative estimate of drug-likeness (QED) is 0.748. The lowest BCUT2D eigenvalue weighted by Gasteiger charge is -2.27. The van der Waals surface area contributed by atoms with Crippen molar-refractivity contribution in [2.75, 3.05) is 13.2 Å². The third kappa shape index (κ3) is 4.40. The summed E-state index contributed by atoms with van der Waals surface area (Å²) in [6.45, 7) is 8.93. The van der Waals surface area contributed by atoms with E-state index >= 15 is 0 Å². The van der Waals surface area contributed by atoms with Crippen LogP contribution in [0.25, 0.3) is 11.0 Å². The first kappa shape index (κ1) is 20.3. The molecule has 1 aromatic heterocycles. The van der Waals surface area contributed by atoms with Crippen LogP contribution in [-0.4, -0.2) is 30.6 Å². The molecule has 1 heterocycles. The maximum atomic E-state index is 12.3. The fourth-order valence-electron chi connectivity index (χ4n) is 2.47. The van der Waals surface area contributed by atoms with E-state index in [0.717, 1.165) is 5.39 Å². The van der Waals surface area contributed by atoms with Crippen molar-refractivity contribution in [3.05, 3.63) is 29.5 Å². The van der Waals surface area contributed by atoms with E-state index in [2.05, 4.69) is 11.4 Å². The Kier molecular flexibility index (Phi) is 6.11. The molecule has 0 fully saturated rings. The zero-order chi connectivity index (χ0) is 20.2. The number of carbonyl (C=O) groups excluding carboxylic acids is 2. The van der Waals surface area contributed by atoms with Gasteiger partial charge in [-0.15, -0.1) is 0 Å². The molecule has 1 amide bonds. The van der Waals surface area contributed by atoms with E-state index in [0.29, 0.717) is 23.5 Å².